The van der Waals surface area contributed by atoms with E-state index >= 15 is 0 Å². The van der Waals surface area contributed by atoms with Crippen LogP contribution in [-0.4, -0.2) is 40.3 Å². The van der Waals surface area contributed by atoms with Crippen molar-refractivity contribution in [2.75, 3.05) is 26.3 Å². The summed E-state index contributed by atoms with van der Waals surface area (Å²) in [6.45, 7) is 3.70. The Balaban J connectivity index is 2.27. The van der Waals surface area contributed by atoms with Gasteiger partial charge in [-0.05, 0) is 0 Å². The van der Waals surface area contributed by atoms with Crippen molar-refractivity contribution in [2.45, 2.75) is 6.54 Å². The number of nitrogens with zero attached hydrogens (tertiary/aromatic N) is 3. The zero-order chi connectivity index (χ0) is 12.4. The molecule has 1 fully saturated rings. The minimum absolute atomic E-state index is 0.253. The molecule has 0 aromatic carbocycles. The highest BCUT2D eigenvalue weighted by Crippen LogP contribution is 2.03. The van der Waals surface area contributed by atoms with E-state index in [9.17, 15) is 9.59 Å². The zero-order valence-electron chi connectivity index (χ0n) is 10.2. The lowest BCUT2D eigenvalue weighted by molar-refractivity contribution is 0.0331. The van der Waals surface area contributed by atoms with E-state index < -0.39 is 0 Å². The van der Waals surface area contributed by atoms with E-state index in [-0.39, 0.29) is 11.2 Å². The van der Waals surface area contributed by atoms with Gasteiger partial charge in [-0.15, -0.1) is 0 Å². The average Bonchev–Trinajstić information content (AvgIpc) is 2.35. The van der Waals surface area contributed by atoms with Gasteiger partial charge in [0, 0.05) is 45.5 Å². The predicted molar refractivity (Wildman–Crippen MR) is 63.0 cm³/mol. The standard InChI is InChI=1S/C11H17N3O3/c1-12-9(7-10(15)13(2)11(12)16)8-14-3-5-17-6-4-14/h7H,3-6,8H2,1-2H3. The van der Waals surface area contributed by atoms with E-state index in [4.69, 9.17) is 4.74 Å². The van der Waals surface area contributed by atoms with Crippen LogP contribution in [-0.2, 0) is 25.4 Å². The molecule has 0 bridgehead atoms. The third kappa shape index (κ3) is 2.48. The predicted octanol–water partition coefficient (Wildman–Crippen LogP) is -1.08. The largest absolute Gasteiger partial charge is 0.379 e. The van der Waals surface area contributed by atoms with Gasteiger partial charge in [0.15, 0.2) is 0 Å². The van der Waals surface area contributed by atoms with Crippen molar-refractivity contribution in [3.05, 3.63) is 32.6 Å². The van der Waals surface area contributed by atoms with Crippen molar-refractivity contribution in [1.82, 2.24) is 14.0 Å². The summed E-state index contributed by atoms with van der Waals surface area (Å²) in [4.78, 5) is 25.5. The van der Waals surface area contributed by atoms with Crippen LogP contribution in [0.1, 0.15) is 5.69 Å². The number of hydrogen-bond donors (Lipinski definition) is 0. The van der Waals surface area contributed by atoms with E-state index in [1.54, 1.807) is 7.05 Å². The second-order valence-electron chi connectivity index (χ2n) is 4.26. The van der Waals surface area contributed by atoms with Gasteiger partial charge in [0.25, 0.3) is 5.56 Å². The van der Waals surface area contributed by atoms with Crippen LogP contribution < -0.4 is 11.2 Å². The molecule has 1 aromatic heterocycles. The minimum Gasteiger partial charge on any atom is -0.379 e. The summed E-state index contributed by atoms with van der Waals surface area (Å²) in [5.74, 6) is 0. The number of aromatic nitrogens is 2. The Hall–Kier alpha value is -1.40. The molecular formula is C11H17N3O3. The molecule has 0 radical (unpaired) electrons. The highest BCUT2D eigenvalue weighted by molar-refractivity contribution is 5.02. The minimum atomic E-state index is -0.277. The van der Waals surface area contributed by atoms with E-state index in [0.29, 0.717) is 19.8 Å². The summed E-state index contributed by atoms with van der Waals surface area (Å²) in [5.41, 5.74) is 0.220. The highest BCUT2D eigenvalue weighted by Gasteiger charge is 2.13. The summed E-state index contributed by atoms with van der Waals surface area (Å²) in [5, 5.41) is 0. The third-order valence-electron chi connectivity index (χ3n) is 3.11. The summed E-state index contributed by atoms with van der Waals surface area (Å²) >= 11 is 0. The van der Waals surface area contributed by atoms with Crippen LogP contribution >= 0.6 is 0 Å². The monoisotopic (exact) mass is 239 g/mol. The first kappa shape index (κ1) is 12.1. The molecular weight excluding hydrogens is 222 g/mol. The van der Waals surface area contributed by atoms with Crippen LogP contribution in [0.25, 0.3) is 0 Å². The second-order valence-corrected chi connectivity index (χ2v) is 4.26. The lowest BCUT2D eigenvalue weighted by Gasteiger charge is -2.27. The van der Waals surface area contributed by atoms with E-state index in [1.807, 2.05) is 0 Å². The fraction of sp³-hybridized carbons (Fsp3) is 0.636. The van der Waals surface area contributed by atoms with Gasteiger partial charge < -0.3 is 4.74 Å². The molecule has 0 amide bonds. The molecule has 0 unspecified atom stereocenters. The van der Waals surface area contributed by atoms with E-state index in [0.717, 1.165) is 23.4 Å². The van der Waals surface area contributed by atoms with Crippen molar-refractivity contribution in [3.8, 4) is 0 Å². The highest BCUT2D eigenvalue weighted by atomic mass is 16.5. The van der Waals surface area contributed by atoms with Crippen molar-refractivity contribution in [1.29, 1.82) is 0 Å². The Morgan fingerprint density at radius 1 is 1.18 bits per heavy atom. The van der Waals surface area contributed by atoms with Gasteiger partial charge >= 0.3 is 5.69 Å². The first-order chi connectivity index (χ1) is 8.09. The van der Waals surface area contributed by atoms with Crippen LogP contribution in [0.15, 0.2) is 15.7 Å². The first-order valence-corrected chi connectivity index (χ1v) is 5.65. The molecule has 2 heterocycles. The zero-order valence-corrected chi connectivity index (χ0v) is 10.2. The van der Waals surface area contributed by atoms with Gasteiger partial charge in [0.1, 0.15) is 0 Å². The van der Waals surface area contributed by atoms with Crippen LogP contribution in [0.5, 0.6) is 0 Å². The molecule has 0 saturated carbocycles. The smallest absolute Gasteiger partial charge is 0.330 e. The van der Waals surface area contributed by atoms with Gasteiger partial charge in [0.2, 0.25) is 0 Å². The molecule has 1 aliphatic heterocycles. The fourth-order valence-electron chi connectivity index (χ4n) is 1.92. The lowest BCUT2D eigenvalue weighted by Crippen LogP contribution is -2.41. The third-order valence-corrected chi connectivity index (χ3v) is 3.11. The SMILES string of the molecule is Cn1c(CN2CCOCC2)cc(=O)n(C)c1=O. The van der Waals surface area contributed by atoms with Crippen molar-refractivity contribution < 1.29 is 4.74 Å². The molecule has 17 heavy (non-hydrogen) atoms. The molecule has 0 aliphatic carbocycles. The average molecular weight is 239 g/mol. The molecule has 1 aliphatic rings. The Kier molecular flexibility index (Phi) is 3.44. The number of ether oxygens (including phenoxy) is 1. The van der Waals surface area contributed by atoms with Gasteiger partial charge in [-0.3, -0.25) is 18.8 Å². The van der Waals surface area contributed by atoms with Gasteiger partial charge in [-0.2, -0.15) is 0 Å². The summed E-state index contributed by atoms with van der Waals surface area (Å²) < 4.78 is 7.90. The van der Waals surface area contributed by atoms with Crippen LogP contribution in [0, 0.1) is 0 Å². The van der Waals surface area contributed by atoms with Crippen LogP contribution in [0.4, 0.5) is 0 Å². The molecule has 94 valence electrons. The van der Waals surface area contributed by atoms with Gasteiger partial charge in [0.05, 0.1) is 13.2 Å². The molecule has 6 heteroatoms. The Labute approximate surface area is 99.0 Å². The van der Waals surface area contributed by atoms with Gasteiger partial charge in [-0.25, -0.2) is 4.79 Å². The first-order valence-electron chi connectivity index (χ1n) is 5.65. The second kappa shape index (κ2) is 4.85. The maximum absolute atomic E-state index is 11.7. The number of rotatable bonds is 2. The Morgan fingerprint density at radius 3 is 2.47 bits per heavy atom. The van der Waals surface area contributed by atoms with E-state index in [2.05, 4.69) is 4.90 Å². The summed E-state index contributed by atoms with van der Waals surface area (Å²) in [6.07, 6.45) is 0. The molecule has 1 saturated heterocycles. The van der Waals surface area contributed by atoms with Crippen molar-refractivity contribution >= 4 is 0 Å². The number of hydrogen-bond acceptors (Lipinski definition) is 4. The maximum Gasteiger partial charge on any atom is 0.330 e. The maximum atomic E-state index is 11.7. The van der Waals surface area contributed by atoms with Crippen LogP contribution in [0.3, 0.4) is 0 Å². The summed E-state index contributed by atoms with van der Waals surface area (Å²) in [6, 6.07) is 1.52. The summed E-state index contributed by atoms with van der Waals surface area (Å²) in [7, 11) is 3.18. The molecule has 0 spiro atoms. The topological polar surface area (TPSA) is 56.5 Å². The quantitative estimate of drug-likeness (QED) is 0.658. The molecule has 0 atom stereocenters. The van der Waals surface area contributed by atoms with Crippen molar-refractivity contribution in [2.24, 2.45) is 14.1 Å². The van der Waals surface area contributed by atoms with E-state index in [1.165, 1.54) is 17.7 Å². The Morgan fingerprint density at radius 2 is 1.82 bits per heavy atom. The Bertz CT molecular complexity index is 512. The molecule has 6 nitrogen and oxygen atoms in total. The van der Waals surface area contributed by atoms with Gasteiger partial charge in [-0.1, -0.05) is 0 Å². The molecule has 1 aromatic rings. The van der Waals surface area contributed by atoms with Crippen molar-refractivity contribution in [3.63, 3.8) is 0 Å². The number of morpholine rings is 1. The van der Waals surface area contributed by atoms with Crippen LogP contribution in [0.2, 0.25) is 0 Å². The fourth-order valence-corrected chi connectivity index (χ4v) is 1.92. The molecule has 2 rings (SSSR count). The molecule has 0 N–H and O–H groups in total. The normalized spacial score (nSPS) is 17.3. The lowest BCUT2D eigenvalue weighted by atomic mass is 10.3.